The van der Waals surface area contributed by atoms with Crippen molar-refractivity contribution in [2.45, 2.75) is 25.8 Å². The summed E-state index contributed by atoms with van der Waals surface area (Å²) in [6, 6.07) is -0.193. The SMILES string of the molecule is CCS(=O)(=O)N1CCC(NS(=O)(=O)CCCl)CC1. The van der Waals surface area contributed by atoms with Crippen molar-refractivity contribution in [3.63, 3.8) is 0 Å². The van der Waals surface area contributed by atoms with E-state index < -0.39 is 20.0 Å². The van der Waals surface area contributed by atoms with Crippen molar-refractivity contribution in [3.05, 3.63) is 0 Å². The molecule has 1 aliphatic rings. The molecule has 0 atom stereocenters. The lowest BCUT2D eigenvalue weighted by molar-refractivity contribution is 0.309. The van der Waals surface area contributed by atoms with Crippen molar-refractivity contribution in [1.82, 2.24) is 9.03 Å². The lowest BCUT2D eigenvalue weighted by Crippen LogP contribution is -2.47. The molecule has 0 bridgehead atoms. The van der Waals surface area contributed by atoms with E-state index in [1.807, 2.05) is 0 Å². The van der Waals surface area contributed by atoms with Gasteiger partial charge in [-0.15, -0.1) is 11.6 Å². The van der Waals surface area contributed by atoms with Crippen LogP contribution in [-0.2, 0) is 20.0 Å². The van der Waals surface area contributed by atoms with Crippen LogP contribution >= 0.6 is 11.6 Å². The van der Waals surface area contributed by atoms with Crippen LogP contribution < -0.4 is 4.72 Å². The maximum Gasteiger partial charge on any atom is 0.213 e. The topological polar surface area (TPSA) is 83.6 Å². The number of nitrogens with zero attached hydrogens (tertiary/aromatic N) is 1. The third-order valence-electron chi connectivity index (χ3n) is 2.90. The van der Waals surface area contributed by atoms with Gasteiger partial charge in [0.25, 0.3) is 0 Å². The molecule has 108 valence electrons. The lowest BCUT2D eigenvalue weighted by atomic mass is 10.1. The van der Waals surface area contributed by atoms with E-state index in [0.29, 0.717) is 25.9 Å². The first-order valence-electron chi connectivity index (χ1n) is 5.84. The Morgan fingerprint density at radius 3 is 2.22 bits per heavy atom. The number of rotatable bonds is 6. The van der Waals surface area contributed by atoms with Crippen LogP contribution in [0.5, 0.6) is 0 Å². The summed E-state index contributed by atoms with van der Waals surface area (Å²) in [6.45, 7) is 2.33. The molecule has 0 aromatic carbocycles. The number of halogens is 1. The highest BCUT2D eigenvalue weighted by Gasteiger charge is 2.28. The molecule has 1 fully saturated rings. The molecule has 0 aromatic heterocycles. The molecular formula is C9H19ClN2O4S2. The Bertz CT molecular complexity index is 455. The molecule has 1 aliphatic heterocycles. The van der Waals surface area contributed by atoms with Gasteiger partial charge in [0.15, 0.2) is 0 Å². The van der Waals surface area contributed by atoms with Gasteiger partial charge in [0.2, 0.25) is 20.0 Å². The third kappa shape index (κ3) is 4.65. The molecule has 0 unspecified atom stereocenters. The fourth-order valence-electron chi connectivity index (χ4n) is 1.85. The average Bonchev–Trinajstić information content (AvgIpc) is 2.29. The molecular weight excluding hydrogens is 300 g/mol. The molecule has 1 rings (SSSR count). The summed E-state index contributed by atoms with van der Waals surface area (Å²) in [6.07, 6.45) is 1.00. The summed E-state index contributed by atoms with van der Waals surface area (Å²) in [5.74, 6) is 0.0239. The van der Waals surface area contributed by atoms with Crippen molar-refractivity contribution in [1.29, 1.82) is 0 Å². The molecule has 0 spiro atoms. The van der Waals surface area contributed by atoms with Crippen LogP contribution in [0.1, 0.15) is 19.8 Å². The summed E-state index contributed by atoms with van der Waals surface area (Å²) in [4.78, 5) is 0. The van der Waals surface area contributed by atoms with Gasteiger partial charge < -0.3 is 0 Å². The molecule has 1 N–H and O–H groups in total. The minimum Gasteiger partial charge on any atom is -0.212 e. The molecule has 9 heteroatoms. The second-order valence-electron chi connectivity index (χ2n) is 4.20. The lowest BCUT2D eigenvalue weighted by Gasteiger charge is -2.31. The molecule has 0 radical (unpaired) electrons. The molecule has 0 aromatic rings. The van der Waals surface area contributed by atoms with Gasteiger partial charge in [-0.1, -0.05) is 0 Å². The third-order valence-corrected chi connectivity index (χ3v) is 6.63. The van der Waals surface area contributed by atoms with Crippen molar-refractivity contribution >= 4 is 31.6 Å². The summed E-state index contributed by atoms with van der Waals surface area (Å²) < 4.78 is 50.2. The smallest absolute Gasteiger partial charge is 0.212 e. The largest absolute Gasteiger partial charge is 0.213 e. The van der Waals surface area contributed by atoms with Gasteiger partial charge in [-0.05, 0) is 19.8 Å². The van der Waals surface area contributed by atoms with E-state index in [-0.39, 0.29) is 23.4 Å². The Balaban J connectivity index is 2.50. The Kier molecular flexibility index (Phi) is 5.85. The van der Waals surface area contributed by atoms with E-state index >= 15 is 0 Å². The highest BCUT2D eigenvalue weighted by atomic mass is 35.5. The summed E-state index contributed by atoms with van der Waals surface area (Å²) in [5, 5.41) is 0. The first kappa shape index (κ1) is 16.2. The van der Waals surface area contributed by atoms with E-state index in [0.717, 1.165) is 0 Å². The van der Waals surface area contributed by atoms with Crippen LogP contribution in [0.3, 0.4) is 0 Å². The molecule has 6 nitrogen and oxygen atoms in total. The number of hydrogen-bond acceptors (Lipinski definition) is 4. The zero-order valence-corrected chi connectivity index (χ0v) is 12.7. The fourth-order valence-corrected chi connectivity index (χ4v) is 4.66. The average molecular weight is 319 g/mol. The van der Waals surface area contributed by atoms with Gasteiger partial charge in [0, 0.05) is 25.0 Å². The number of piperidine rings is 1. The quantitative estimate of drug-likeness (QED) is 0.696. The minimum atomic E-state index is -3.34. The van der Waals surface area contributed by atoms with Crippen molar-refractivity contribution in [2.24, 2.45) is 0 Å². The molecule has 1 heterocycles. The van der Waals surface area contributed by atoms with E-state index in [1.165, 1.54) is 4.31 Å². The first-order chi connectivity index (χ1) is 8.30. The van der Waals surface area contributed by atoms with Gasteiger partial charge in [-0.2, -0.15) is 0 Å². The summed E-state index contributed by atoms with van der Waals surface area (Å²) in [5.41, 5.74) is 0. The molecule has 0 saturated carbocycles. The molecule has 18 heavy (non-hydrogen) atoms. The van der Waals surface area contributed by atoms with Crippen LogP contribution in [0.4, 0.5) is 0 Å². The second kappa shape index (κ2) is 6.51. The molecule has 0 amide bonds. The van der Waals surface area contributed by atoms with Crippen molar-refractivity contribution in [2.75, 3.05) is 30.5 Å². The van der Waals surface area contributed by atoms with Gasteiger partial charge in [-0.3, -0.25) is 0 Å². The maximum atomic E-state index is 11.6. The van der Waals surface area contributed by atoms with Gasteiger partial charge in [-0.25, -0.2) is 25.9 Å². The normalized spacial score (nSPS) is 20.1. The summed E-state index contributed by atoms with van der Waals surface area (Å²) in [7, 11) is -6.50. The van der Waals surface area contributed by atoms with Gasteiger partial charge in [0.05, 0.1) is 11.5 Å². The van der Waals surface area contributed by atoms with Crippen molar-refractivity contribution in [3.8, 4) is 0 Å². The van der Waals surface area contributed by atoms with E-state index in [9.17, 15) is 16.8 Å². The zero-order valence-electron chi connectivity index (χ0n) is 10.3. The zero-order chi connectivity index (χ0) is 13.8. The molecule has 0 aliphatic carbocycles. The number of hydrogen-bond donors (Lipinski definition) is 1. The van der Waals surface area contributed by atoms with E-state index in [1.54, 1.807) is 6.92 Å². The minimum absolute atomic E-state index is 0.0540. The van der Waals surface area contributed by atoms with Gasteiger partial charge in [0.1, 0.15) is 0 Å². The maximum absolute atomic E-state index is 11.6. The highest BCUT2D eigenvalue weighted by Crippen LogP contribution is 2.15. The fraction of sp³-hybridized carbons (Fsp3) is 1.00. The number of alkyl halides is 1. The number of nitrogens with one attached hydrogen (secondary N) is 1. The predicted molar refractivity (Wildman–Crippen MR) is 71.7 cm³/mol. The van der Waals surface area contributed by atoms with E-state index in [4.69, 9.17) is 11.6 Å². The Morgan fingerprint density at radius 1 is 1.22 bits per heavy atom. The Labute approximate surface area is 114 Å². The standard InChI is InChI=1S/C9H19ClN2O4S2/c1-2-18(15,16)12-6-3-9(4-7-12)11-17(13,14)8-5-10/h9,11H,2-8H2,1H3. The monoisotopic (exact) mass is 318 g/mol. The Morgan fingerprint density at radius 2 is 1.78 bits per heavy atom. The van der Waals surface area contributed by atoms with Crippen LogP contribution in [0.25, 0.3) is 0 Å². The number of sulfonamides is 2. The Hall–Kier alpha value is 0.110. The van der Waals surface area contributed by atoms with Crippen LogP contribution in [-0.4, -0.2) is 57.7 Å². The van der Waals surface area contributed by atoms with Crippen LogP contribution in [0, 0.1) is 0 Å². The second-order valence-corrected chi connectivity index (χ2v) is 8.71. The van der Waals surface area contributed by atoms with Crippen LogP contribution in [0.2, 0.25) is 0 Å². The van der Waals surface area contributed by atoms with E-state index in [2.05, 4.69) is 4.72 Å². The first-order valence-corrected chi connectivity index (χ1v) is 9.64. The highest BCUT2D eigenvalue weighted by molar-refractivity contribution is 7.89. The van der Waals surface area contributed by atoms with Crippen molar-refractivity contribution < 1.29 is 16.8 Å². The van der Waals surface area contributed by atoms with Crippen LogP contribution in [0.15, 0.2) is 0 Å². The molecule has 1 saturated heterocycles. The van der Waals surface area contributed by atoms with Gasteiger partial charge >= 0.3 is 0 Å². The predicted octanol–water partition coefficient (Wildman–Crippen LogP) is -0.0413. The summed E-state index contributed by atoms with van der Waals surface area (Å²) >= 11 is 5.40.